The van der Waals surface area contributed by atoms with E-state index in [-0.39, 0.29) is 11.1 Å². The molecule has 52 heavy (non-hydrogen) atoms. The molecule has 0 amide bonds. The van der Waals surface area contributed by atoms with E-state index >= 15 is 0 Å². The van der Waals surface area contributed by atoms with Gasteiger partial charge in [0.2, 0.25) is 11.6 Å². The van der Waals surface area contributed by atoms with Gasteiger partial charge in [-0.3, -0.25) is 9.59 Å². The first kappa shape index (κ1) is 38.1. The largest absolute Gasteiger partial charge is 0.479 e. The number of halogens is 2. The number of ketones is 2. The maximum atomic E-state index is 14.4. The molecule has 5 N–H and O–H groups in total. The predicted molar refractivity (Wildman–Crippen MR) is 187 cm³/mol. The van der Waals surface area contributed by atoms with Crippen LogP contribution in [0.1, 0.15) is 68.7 Å². The number of hydrogen-bond donors (Lipinski definition) is 5. The highest BCUT2D eigenvalue weighted by atomic mass is 35.5. The number of carboxylic acids is 2. The number of aliphatic carboxylic acids is 2. The number of aliphatic hydroxyl groups is 2. The van der Waals surface area contributed by atoms with Crippen LogP contribution in [0.2, 0.25) is 5.02 Å². The lowest BCUT2D eigenvalue weighted by Gasteiger charge is -2.34. The van der Waals surface area contributed by atoms with Crippen molar-refractivity contribution in [1.29, 1.82) is 0 Å². The number of hydrogen-bond acceptors (Lipinski definition) is 9. The van der Waals surface area contributed by atoms with Gasteiger partial charge < -0.3 is 35.2 Å². The average Bonchev–Trinajstić information content (AvgIpc) is 3.48. The molecule has 3 atom stereocenters. The van der Waals surface area contributed by atoms with Gasteiger partial charge in [0, 0.05) is 28.6 Å². The Bertz CT molecular complexity index is 1940. The number of nitrogens with one attached hydrogen (secondary N) is 1. The minimum Gasteiger partial charge on any atom is -0.479 e. The molecule has 6 rings (SSSR count). The number of benzene rings is 4. The number of fused-ring (bicyclic) bond motifs is 1. The molecule has 0 bridgehead atoms. The Kier molecular flexibility index (Phi) is 10.9. The predicted octanol–water partition coefficient (Wildman–Crippen LogP) is 5.59. The van der Waals surface area contributed by atoms with Crippen LogP contribution in [0.25, 0.3) is 0 Å². The molecule has 1 saturated heterocycles. The van der Waals surface area contributed by atoms with E-state index in [0.717, 1.165) is 61.5 Å². The lowest BCUT2D eigenvalue weighted by molar-refractivity contribution is -0.187. The molecule has 0 aromatic heterocycles. The fraction of sp³-hybridized carbons (Fsp3) is 0.282. The summed E-state index contributed by atoms with van der Waals surface area (Å²) >= 11 is 5.86. The summed E-state index contributed by atoms with van der Waals surface area (Å²) in [5.41, 5.74) is -5.78. The number of Topliss-reactive ketones (excluding diaryl/α,β-unsaturated/α-hetero) is 2. The van der Waals surface area contributed by atoms with Gasteiger partial charge in [-0.1, -0.05) is 83.4 Å². The minimum atomic E-state index is -3.96. The second-order valence-corrected chi connectivity index (χ2v) is 13.3. The number of piperidine rings is 1. The molecule has 0 aliphatic carbocycles. The zero-order chi connectivity index (χ0) is 38.0. The highest BCUT2D eigenvalue weighted by Crippen LogP contribution is 2.49. The summed E-state index contributed by atoms with van der Waals surface area (Å²) in [4.78, 5) is 49.1. The first-order valence-electron chi connectivity index (χ1n) is 16.3. The third-order valence-electron chi connectivity index (χ3n) is 9.24. The van der Waals surface area contributed by atoms with E-state index in [1.165, 1.54) is 30.3 Å². The van der Waals surface area contributed by atoms with Gasteiger partial charge in [-0.15, -0.1) is 0 Å². The topological polar surface area (TPSA) is 180 Å². The minimum absolute atomic E-state index is 0.347. The number of carbonyl (C=O) groups excluding carboxylic acids is 2. The fourth-order valence-electron chi connectivity index (χ4n) is 6.23. The number of ether oxygens (including phenoxy) is 2. The van der Waals surface area contributed by atoms with Crippen LogP contribution in [0, 0.1) is 19.7 Å². The van der Waals surface area contributed by atoms with Crippen molar-refractivity contribution in [2.75, 3.05) is 13.1 Å². The molecule has 2 aliphatic heterocycles. The summed E-state index contributed by atoms with van der Waals surface area (Å²) in [6, 6.07) is 20.8. The van der Waals surface area contributed by atoms with Crippen molar-refractivity contribution < 1.29 is 53.5 Å². The zero-order valence-electron chi connectivity index (χ0n) is 28.5. The second kappa shape index (κ2) is 14.8. The normalized spacial score (nSPS) is 19.0. The number of rotatable bonds is 9. The molecule has 1 fully saturated rings. The lowest BCUT2D eigenvalue weighted by atomic mass is 9.73. The molecule has 0 radical (unpaired) electrons. The summed E-state index contributed by atoms with van der Waals surface area (Å²) in [7, 11) is 0. The molecular formula is C39H37ClFNO10. The zero-order valence-corrected chi connectivity index (χ0v) is 29.2. The fourth-order valence-corrected chi connectivity index (χ4v) is 6.39. The Balaban J connectivity index is 0.000000203. The maximum Gasteiger partial charge on any atom is 0.348 e. The first-order chi connectivity index (χ1) is 24.5. The molecule has 0 saturated carbocycles. The Morgan fingerprint density at radius 3 is 1.75 bits per heavy atom. The highest BCUT2D eigenvalue weighted by Gasteiger charge is 2.70. The van der Waals surface area contributed by atoms with Gasteiger partial charge in [0.25, 0.3) is 17.0 Å². The Morgan fingerprint density at radius 2 is 1.29 bits per heavy atom. The standard InChI is InChI=1S/C20H18O8.C19H19ClFNO2/c1-11-3-7-13(8-4-11)15(21)19(27,17(23)24)20(28,18(25)26)16(22)14-9-5-12(2)6-10-14;1-19(15-6-5-13(20)11-16(15)21)23-17-4-2-3-14(18(17)24-19)12-7-9-22-10-8-12/h3-10,27-28H,1-2H3,(H,23,24)(H,25,26);2-6,11-12,22H,7-10H2,1H3/t19-,20-;19-/m00/s1. The molecule has 4 aromatic carbocycles. The van der Waals surface area contributed by atoms with Gasteiger partial charge >= 0.3 is 11.9 Å². The van der Waals surface area contributed by atoms with Crippen LogP contribution in [-0.4, -0.2) is 68.2 Å². The van der Waals surface area contributed by atoms with Crippen LogP contribution in [0.15, 0.2) is 84.9 Å². The second-order valence-electron chi connectivity index (χ2n) is 12.9. The third-order valence-corrected chi connectivity index (χ3v) is 9.47. The molecule has 2 aliphatic rings. The Morgan fingerprint density at radius 1 is 0.788 bits per heavy atom. The summed E-state index contributed by atoms with van der Waals surface area (Å²) in [6.45, 7) is 7.11. The first-order valence-corrected chi connectivity index (χ1v) is 16.7. The maximum absolute atomic E-state index is 14.4. The van der Waals surface area contributed by atoms with E-state index in [4.69, 9.17) is 21.1 Å². The summed E-state index contributed by atoms with van der Waals surface area (Å²) < 4.78 is 26.5. The number of carbonyl (C=O) groups is 4. The third kappa shape index (κ3) is 7.02. The van der Waals surface area contributed by atoms with Gasteiger partial charge in [0.05, 0.1) is 5.56 Å². The van der Waals surface area contributed by atoms with Gasteiger partial charge in [0.1, 0.15) is 5.82 Å². The number of para-hydroxylation sites is 1. The molecule has 4 aromatic rings. The van der Waals surface area contributed by atoms with Crippen molar-refractivity contribution in [3.63, 3.8) is 0 Å². The van der Waals surface area contributed by atoms with Crippen LogP contribution in [0.5, 0.6) is 11.5 Å². The molecule has 0 spiro atoms. The van der Waals surface area contributed by atoms with E-state index in [0.29, 0.717) is 33.4 Å². The lowest BCUT2D eigenvalue weighted by Crippen LogP contribution is -2.71. The molecule has 13 heteroatoms. The smallest absolute Gasteiger partial charge is 0.348 e. The van der Waals surface area contributed by atoms with Crippen molar-refractivity contribution >= 4 is 35.1 Å². The monoisotopic (exact) mass is 733 g/mol. The SMILES string of the molecule is C[C@]1(c2ccc(Cl)cc2F)Oc2cccc(C3CCNCC3)c2O1.Cc1ccc(C(=O)[C@](O)(C(=O)O)[C@@](O)(C(=O)O)C(=O)c2ccc(C)cc2)cc1. The van der Waals surface area contributed by atoms with Gasteiger partial charge in [-0.05, 0) is 70.0 Å². The molecule has 272 valence electrons. The van der Waals surface area contributed by atoms with E-state index in [2.05, 4.69) is 11.4 Å². The molecular weight excluding hydrogens is 697 g/mol. The van der Waals surface area contributed by atoms with Crippen LogP contribution in [-0.2, 0) is 15.4 Å². The quantitative estimate of drug-likeness (QED) is 0.107. The van der Waals surface area contributed by atoms with Gasteiger partial charge in [0.15, 0.2) is 11.5 Å². The van der Waals surface area contributed by atoms with Crippen molar-refractivity contribution in [2.45, 2.75) is 56.5 Å². The van der Waals surface area contributed by atoms with Gasteiger partial charge in [-0.25, -0.2) is 14.0 Å². The summed E-state index contributed by atoms with van der Waals surface area (Å²) in [6.07, 6.45) is 2.12. The van der Waals surface area contributed by atoms with Crippen LogP contribution in [0.3, 0.4) is 0 Å². The average molecular weight is 734 g/mol. The number of carboxylic acid groups (broad SMARTS) is 2. The molecule has 11 nitrogen and oxygen atoms in total. The number of aryl methyl sites for hydroxylation is 2. The highest BCUT2D eigenvalue weighted by molar-refractivity contribution is 6.30. The van der Waals surface area contributed by atoms with Crippen LogP contribution >= 0.6 is 11.6 Å². The summed E-state index contributed by atoms with van der Waals surface area (Å²) in [5.74, 6) is -7.78. The van der Waals surface area contributed by atoms with E-state index in [1.807, 2.05) is 12.1 Å². The van der Waals surface area contributed by atoms with E-state index in [9.17, 15) is 44.0 Å². The Labute approximate surface area is 303 Å². The van der Waals surface area contributed by atoms with Gasteiger partial charge in [-0.2, -0.15) is 0 Å². The van der Waals surface area contributed by atoms with E-state index < -0.39 is 46.3 Å². The van der Waals surface area contributed by atoms with Crippen LogP contribution in [0.4, 0.5) is 4.39 Å². The molecule has 0 unspecified atom stereocenters. The van der Waals surface area contributed by atoms with Crippen molar-refractivity contribution in [2.24, 2.45) is 0 Å². The van der Waals surface area contributed by atoms with Crippen LogP contribution < -0.4 is 14.8 Å². The van der Waals surface area contributed by atoms with Crippen molar-refractivity contribution in [3.8, 4) is 11.5 Å². The molecule has 2 heterocycles. The van der Waals surface area contributed by atoms with E-state index in [1.54, 1.807) is 32.9 Å². The van der Waals surface area contributed by atoms with Crippen molar-refractivity contribution in [1.82, 2.24) is 5.32 Å². The Hall–Kier alpha value is -5.14. The van der Waals surface area contributed by atoms with Crippen molar-refractivity contribution in [3.05, 3.63) is 129 Å². The summed E-state index contributed by atoms with van der Waals surface area (Å²) in [5, 5.41) is 44.0.